The molecule has 0 spiro atoms. The molecular weight excluding hydrogens is 356 g/mol. The molecule has 2 amide bonds. The van der Waals surface area contributed by atoms with Crippen molar-refractivity contribution in [2.24, 2.45) is 16.3 Å². The number of carbonyl (C=O) groups excluding carboxylic acids is 2. The van der Waals surface area contributed by atoms with E-state index in [-0.39, 0.29) is 17.2 Å². The molecule has 0 fully saturated rings. The third-order valence-electron chi connectivity index (χ3n) is 4.71. The molecule has 1 unspecified atom stereocenters. The van der Waals surface area contributed by atoms with E-state index in [1.165, 1.54) is 14.2 Å². The second kappa shape index (κ2) is 7.46. The SMILES string of the molecule is COc1ccc(C(=O)N=C2C=CC3C(=C2)NC(=O)C=C3C(C)(C)C)cc1OC. The number of hydrogen-bond acceptors (Lipinski definition) is 4. The van der Waals surface area contributed by atoms with Crippen LogP contribution in [0.4, 0.5) is 0 Å². The summed E-state index contributed by atoms with van der Waals surface area (Å²) in [5, 5.41) is 2.86. The summed E-state index contributed by atoms with van der Waals surface area (Å²) in [5.41, 5.74) is 2.50. The van der Waals surface area contributed by atoms with Gasteiger partial charge in [0.25, 0.3) is 5.91 Å². The summed E-state index contributed by atoms with van der Waals surface area (Å²) < 4.78 is 10.4. The van der Waals surface area contributed by atoms with Crippen molar-refractivity contribution in [2.75, 3.05) is 14.2 Å². The molecule has 0 bridgehead atoms. The van der Waals surface area contributed by atoms with Crippen LogP contribution in [-0.2, 0) is 4.79 Å². The van der Waals surface area contributed by atoms with Crippen LogP contribution in [0.15, 0.2) is 58.8 Å². The Balaban J connectivity index is 1.89. The zero-order valence-corrected chi connectivity index (χ0v) is 16.7. The molecule has 2 aliphatic rings. The van der Waals surface area contributed by atoms with Crippen molar-refractivity contribution in [3.63, 3.8) is 0 Å². The minimum absolute atomic E-state index is 0.0205. The Hall–Kier alpha value is -3.15. The highest BCUT2D eigenvalue weighted by atomic mass is 16.5. The van der Waals surface area contributed by atoms with Gasteiger partial charge in [-0.3, -0.25) is 9.59 Å². The number of benzene rings is 1. The number of allylic oxidation sites excluding steroid dienone is 3. The van der Waals surface area contributed by atoms with Gasteiger partial charge in [-0.05, 0) is 41.3 Å². The number of ether oxygens (including phenoxy) is 2. The highest BCUT2D eigenvalue weighted by molar-refractivity contribution is 6.14. The summed E-state index contributed by atoms with van der Waals surface area (Å²) >= 11 is 0. The van der Waals surface area contributed by atoms with Crippen molar-refractivity contribution >= 4 is 17.5 Å². The van der Waals surface area contributed by atoms with Gasteiger partial charge in [-0.2, -0.15) is 0 Å². The highest BCUT2D eigenvalue weighted by Gasteiger charge is 2.32. The molecule has 146 valence electrons. The van der Waals surface area contributed by atoms with E-state index in [1.807, 2.05) is 12.2 Å². The summed E-state index contributed by atoms with van der Waals surface area (Å²) in [5.74, 6) is 0.428. The Morgan fingerprint density at radius 2 is 1.82 bits per heavy atom. The second-order valence-electron chi connectivity index (χ2n) is 7.69. The Labute approximate surface area is 164 Å². The van der Waals surface area contributed by atoms with Gasteiger partial charge in [0.15, 0.2) is 11.5 Å². The number of nitrogens with one attached hydrogen (secondary N) is 1. The molecule has 0 saturated carbocycles. The lowest BCUT2D eigenvalue weighted by Gasteiger charge is -2.34. The van der Waals surface area contributed by atoms with E-state index in [1.54, 1.807) is 30.4 Å². The number of methoxy groups -OCH3 is 2. The summed E-state index contributed by atoms with van der Waals surface area (Å²) in [4.78, 5) is 28.8. The molecular formula is C22H24N2O4. The molecule has 6 nitrogen and oxygen atoms in total. The van der Waals surface area contributed by atoms with Gasteiger partial charge in [0, 0.05) is 23.3 Å². The van der Waals surface area contributed by atoms with Gasteiger partial charge in [0.05, 0.1) is 19.9 Å². The van der Waals surface area contributed by atoms with Crippen LogP contribution in [0.3, 0.4) is 0 Å². The number of fused-ring (bicyclic) bond motifs is 1. The maximum Gasteiger partial charge on any atom is 0.277 e. The highest BCUT2D eigenvalue weighted by Crippen LogP contribution is 2.38. The number of amides is 2. The molecule has 6 heteroatoms. The van der Waals surface area contributed by atoms with E-state index in [0.29, 0.717) is 22.8 Å². The Morgan fingerprint density at radius 3 is 2.46 bits per heavy atom. The van der Waals surface area contributed by atoms with E-state index >= 15 is 0 Å². The van der Waals surface area contributed by atoms with Crippen molar-refractivity contribution in [3.8, 4) is 11.5 Å². The molecule has 3 rings (SSSR count). The summed E-state index contributed by atoms with van der Waals surface area (Å²) in [6.45, 7) is 6.23. The van der Waals surface area contributed by atoms with Crippen molar-refractivity contribution in [2.45, 2.75) is 20.8 Å². The third-order valence-corrected chi connectivity index (χ3v) is 4.71. The zero-order chi connectivity index (χ0) is 20.5. The van der Waals surface area contributed by atoms with Gasteiger partial charge < -0.3 is 14.8 Å². The minimum atomic E-state index is -0.398. The smallest absolute Gasteiger partial charge is 0.277 e. The van der Waals surface area contributed by atoms with Crippen molar-refractivity contribution in [1.29, 1.82) is 0 Å². The minimum Gasteiger partial charge on any atom is -0.493 e. The molecule has 1 N–H and O–H groups in total. The van der Waals surface area contributed by atoms with Crippen LogP contribution in [0.1, 0.15) is 31.1 Å². The van der Waals surface area contributed by atoms with Gasteiger partial charge in [-0.1, -0.05) is 26.8 Å². The molecule has 0 aromatic heterocycles. The first kappa shape index (κ1) is 19.6. The maximum absolute atomic E-state index is 12.6. The average molecular weight is 380 g/mol. The molecule has 0 radical (unpaired) electrons. The largest absolute Gasteiger partial charge is 0.493 e. The van der Waals surface area contributed by atoms with Crippen LogP contribution in [0, 0.1) is 11.3 Å². The molecule has 1 aliphatic carbocycles. The maximum atomic E-state index is 12.6. The number of hydrogen-bond donors (Lipinski definition) is 1. The molecule has 1 aromatic rings. The fourth-order valence-corrected chi connectivity index (χ4v) is 3.29. The van der Waals surface area contributed by atoms with Crippen molar-refractivity contribution in [3.05, 3.63) is 59.3 Å². The van der Waals surface area contributed by atoms with E-state index < -0.39 is 5.91 Å². The molecule has 1 aromatic carbocycles. The lowest BCUT2D eigenvalue weighted by Crippen LogP contribution is -2.36. The zero-order valence-electron chi connectivity index (χ0n) is 16.7. The fourth-order valence-electron chi connectivity index (χ4n) is 3.29. The number of aliphatic imine (C=N–C) groups is 1. The second-order valence-corrected chi connectivity index (χ2v) is 7.69. The van der Waals surface area contributed by atoms with E-state index in [0.717, 1.165) is 11.3 Å². The lowest BCUT2D eigenvalue weighted by molar-refractivity contribution is -0.116. The van der Waals surface area contributed by atoms with Gasteiger partial charge in [0.1, 0.15) is 0 Å². The predicted molar refractivity (Wildman–Crippen MR) is 108 cm³/mol. The van der Waals surface area contributed by atoms with Crippen LogP contribution in [-0.4, -0.2) is 31.7 Å². The van der Waals surface area contributed by atoms with Crippen LogP contribution < -0.4 is 14.8 Å². The fraction of sp³-hybridized carbons (Fsp3) is 0.318. The lowest BCUT2D eigenvalue weighted by atomic mass is 9.74. The van der Waals surface area contributed by atoms with E-state index in [9.17, 15) is 9.59 Å². The number of carbonyl (C=O) groups is 2. The summed E-state index contributed by atoms with van der Waals surface area (Å²) in [7, 11) is 3.05. The van der Waals surface area contributed by atoms with Gasteiger partial charge >= 0.3 is 0 Å². The van der Waals surface area contributed by atoms with E-state index in [2.05, 4.69) is 31.1 Å². The van der Waals surface area contributed by atoms with Gasteiger partial charge in [0.2, 0.25) is 5.91 Å². The molecule has 28 heavy (non-hydrogen) atoms. The first-order valence-corrected chi connectivity index (χ1v) is 9.01. The Kier molecular flexibility index (Phi) is 5.23. The third kappa shape index (κ3) is 3.91. The molecule has 1 heterocycles. The summed E-state index contributed by atoms with van der Waals surface area (Å²) in [6.07, 6.45) is 7.18. The molecule has 0 saturated heterocycles. The average Bonchev–Trinajstić information content (AvgIpc) is 2.65. The summed E-state index contributed by atoms with van der Waals surface area (Å²) in [6, 6.07) is 4.90. The van der Waals surface area contributed by atoms with Crippen LogP contribution in [0.25, 0.3) is 0 Å². The Bertz CT molecular complexity index is 946. The molecule has 1 aliphatic heterocycles. The van der Waals surface area contributed by atoms with Gasteiger partial charge in [-0.15, -0.1) is 0 Å². The first-order valence-electron chi connectivity index (χ1n) is 9.01. The Morgan fingerprint density at radius 1 is 1.11 bits per heavy atom. The molecule has 1 atom stereocenters. The number of rotatable bonds is 3. The van der Waals surface area contributed by atoms with Crippen LogP contribution in [0.5, 0.6) is 11.5 Å². The topological polar surface area (TPSA) is 77.0 Å². The first-order chi connectivity index (χ1) is 13.2. The predicted octanol–water partition coefficient (Wildman–Crippen LogP) is 3.46. The van der Waals surface area contributed by atoms with Crippen molar-refractivity contribution < 1.29 is 19.1 Å². The number of nitrogens with zero attached hydrogens (tertiary/aromatic N) is 1. The quantitative estimate of drug-likeness (QED) is 0.871. The standard InChI is InChI=1S/C22H24N2O4/c1-22(2,3)16-12-20(25)24-17-11-14(7-8-15(16)17)23-21(26)13-6-9-18(27-4)19(10-13)28-5/h6-12,15H,1-5H3,(H,24,25). The van der Waals surface area contributed by atoms with Crippen LogP contribution >= 0.6 is 0 Å². The normalized spacial score (nSPS) is 20.1. The van der Waals surface area contributed by atoms with Crippen molar-refractivity contribution in [1.82, 2.24) is 5.32 Å². The van der Waals surface area contributed by atoms with E-state index in [4.69, 9.17) is 9.47 Å². The van der Waals surface area contributed by atoms with Crippen LogP contribution in [0.2, 0.25) is 0 Å². The monoisotopic (exact) mass is 380 g/mol. The van der Waals surface area contributed by atoms with Gasteiger partial charge in [-0.25, -0.2) is 4.99 Å².